The van der Waals surface area contributed by atoms with E-state index in [1.54, 1.807) is 0 Å². The minimum atomic E-state index is -0.910. The van der Waals surface area contributed by atoms with Crippen LogP contribution >= 0.6 is 0 Å². The molecule has 4 saturated carbocycles. The number of hydrogen-bond acceptors (Lipinski definition) is 3. The lowest BCUT2D eigenvalue weighted by atomic mass is 9.54. The van der Waals surface area contributed by atoms with E-state index < -0.39 is 5.97 Å². The van der Waals surface area contributed by atoms with Gasteiger partial charge in [-0.15, -0.1) is 0 Å². The molecule has 2 aromatic heterocycles. The number of carbonyl (C=O) groups is 1. The summed E-state index contributed by atoms with van der Waals surface area (Å²) in [6.45, 7) is 0. The van der Waals surface area contributed by atoms with Gasteiger partial charge in [0.2, 0.25) is 0 Å². The molecule has 3 N–H and O–H groups in total. The lowest BCUT2D eigenvalue weighted by Crippen LogP contribution is -2.51. The summed E-state index contributed by atoms with van der Waals surface area (Å²) >= 11 is 0. The van der Waals surface area contributed by atoms with Crippen molar-refractivity contribution in [2.45, 2.75) is 38.1 Å². The number of aromatic nitrogens is 2. The number of rotatable bonds is 3. The maximum absolute atomic E-state index is 11.6. The maximum atomic E-state index is 11.6. The normalized spacial score (nSPS) is 34.9. The Morgan fingerprint density at radius 3 is 2.52 bits per heavy atom. The van der Waals surface area contributed by atoms with Crippen LogP contribution in [0.5, 0.6) is 0 Å². The SMILES string of the molecule is O=C(O)c1cnc2[nH]ccc2c1NC1C2CC3CC(C2)CC1C3. The number of anilines is 1. The van der Waals surface area contributed by atoms with Gasteiger partial charge >= 0.3 is 5.97 Å². The minimum absolute atomic E-state index is 0.283. The van der Waals surface area contributed by atoms with Gasteiger partial charge < -0.3 is 15.4 Å². The maximum Gasteiger partial charge on any atom is 0.339 e. The van der Waals surface area contributed by atoms with Gasteiger partial charge in [-0.2, -0.15) is 0 Å². The Bertz CT molecular complexity index is 754. The summed E-state index contributed by atoms with van der Waals surface area (Å²) < 4.78 is 0. The molecule has 0 amide bonds. The third kappa shape index (κ3) is 1.98. The van der Waals surface area contributed by atoms with Crippen LogP contribution in [0.25, 0.3) is 11.0 Å². The molecule has 2 aromatic rings. The van der Waals surface area contributed by atoms with Gasteiger partial charge in [-0.3, -0.25) is 0 Å². The van der Waals surface area contributed by atoms with Crippen LogP contribution in [0.1, 0.15) is 42.5 Å². The third-order valence-electron chi connectivity index (χ3n) is 6.35. The molecule has 4 aliphatic carbocycles. The second-order valence-electron chi connectivity index (χ2n) is 7.69. The molecule has 0 aliphatic heterocycles. The van der Waals surface area contributed by atoms with E-state index in [1.807, 2.05) is 12.3 Å². The Labute approximate surface area is 134 Å². The van der Waals surface area contributed by atoms with Gasteiger partial charge in [0.25, 0.3) is 0 Å². The van der Waals surface area contributed by atoms with Gasteiger partial charge in [0.1, 0.15) is 11.2 Å². The number of hydrogen-bond donors (Lipinski definition) is 3. The number of pyridine rings is 1. The summed E-state index contributed by atoms with van der Waals surface area (Å²) in [7, 11) is 0. The van der Waals surface area contributed by atoms with E-state index >= 15 is 0 Å². The van der Waals surface area contributed by atoms with Gasteiger partial charge in [-0.05, 0) is 61.8 Å². The number of fused-ring (bicyclic) bond motifs is 1. The first kappa shape index (κ1) is 13.4. The first-order chi connectivity index (χ1) is 11.2. The average molecular weight is 311 g/mol. The van der Waals surface area contributed by atoms with Gasteiger partial charge in [-0.1, -0.05) is 0 Å². The molecule has 4 bridgehead atoms. The molecule has 4 fully saturated rings. The van der Waals surface area contributed by atoms with Gasteiger partial charge in [0.15, 0.2) is 0 Å². The van der Waals surface area contributed by atoms with Crippen molar-refractivity contribution >= 4 is 22.7 Å². The molecule has 4 aliphatic rings. The minimum Gasteiger partial charge on any atom is -0.478 e. The molecule has 0 spiro atoms. The van der Waals surface area contributed by atoms with Crippen LogP contribution in [0.2, 0.25) is 0 Å². The highest BCUT2D eigenvalue weighted by atomic mass is 16.4. The predicted octanol–water partition coefficient (Wildman–Crippen LogP) is 3.50. The zero-order valence-electron chi connectivity index (χ0n) is 13.0. The first-order valence-corrected chi connectivity index (χ1v) is 8.65. The Balaban J connectivity index is 1.55. The summed E-state index contributed by atoms with van der Waals surface area (Å²) in [5.74, 6) is 2.33. The molecular weight excluding hydrogens is 290 g/mol. The number of H-pyrrole nitrogens is 1. The number of nitrogens with zero attached hydrogens (tertiary/aromatic N) is 1. The van der Waals surface area contributed by atoms with Crippen LogP contribution in [-0.4, -0.2) is 27.1 Å². The van der Waals surface area contributed by atoms with Crippen molar-refractivity contribution in [1.82, 2.24) is 9.97 Å². The number of carboxylic acids is 1. The fourth-order valence-corrected chi connectivity index (χ4v) is 5.65. The highest BCUT2D eigenvalue weighted by Gasteiger charge is 2.48. The van der Waals surface area contributed by atoms with Crippen LogP contribution in [-0.2, 0) is 0 Å². The Morgan fingerprint density at radius 1 is 1.17 bits per heavy atom. The summed E-state index contributed by atoms with van der Waals surface area (Å²) in [4.78, 5) is 19.0. The van der Waals surface area contributed by atoms with Gasteiger partial charge in [0, 0.05) is 23.8 Å². The summed E-state index contributed by atoms with van der Waals surface area (Å²) in [5.41, 5.74) is 1.79. The fourth-order valence-electron chi connectivity index (χ4n) is 5.65. The quantitative estimate of drug-likeness (QED) is 0.810. The van der Waals surface area contributed by atoms with E-state index in [2.05, 4.69) is 15.3 Å². The van der Waals surface area contributed by atoms with Crippen LogP contribution in [0.15, 0.2) is 18.5 Å². The topological polar surface area (TPSA) is 78.0 Å². The Hall–Kier alpha value is -2.04. The summed E-state index contributed by atoms with van der Waals surface area (Å²) in [6, 6.07) is 2.34. The van der Waals surface area contributed by atoms with Gasteiger partial charge in [-0.25, -0.2) is 9.78 Å². The second kappa shape index (κ2) is 4.73. The molecule has 0 radical (unpaired) electrons. The lowest BCUT2D eigenvalue weighted by molar-refractivity contribution is 0.00753. The van der Waals surface area contributed by atoms with Crippen molar-refractivity contribution in [3.05, 3.63) is 24.0 Å². The van der Waals surface area contributed by atoms with E-state index in [9.17, 15) is 9.90 Å². The van der Waals surface area contributed by atoms with Crippen molar-refractivity contribution in [3.8, 4) is 0 Å². The fraction of sp³-hybridized carbons (Fsp3) is 0.556. The van der Waals surface area contributed by atoms with Crippen molar-refractivity contribution in [3.63, 3.8) is 0 Å². The molecule has 0 unspecified atom stereocenters. The van der Waals surface area contributed by atoms with Crippen LogP contribution in [0.4, 0.5) is 5.69 Å². The highest BCUT2D eigenvalue weighted by Crippen LogP contribution is 2.54. The molecule has 5 heteroatoms. The standard InChI is InChI=1S/C18H21N3O2/c22-18(23)14-8-20-17-13(1-2-19-17)16(14)21-15-11-4-9-3-10(6-11)7-12(15)5-9/h1-2,8-12,15H,3-7H2,(H,22,23)(H2,19,20,21). The Morgan fingerprint density at radius 2 is 1.87 bits per heavy atom. The van der Waals surface area contributed by atoms with Crippen molar-refractivity contribution in [2.24, 2.45) is 23.7 Å². The molecule has 2 heterocycles. The zero-order valence-corrected chi connectivity index (χ0v) is 13.0. The third-order valence-corrected chi connectivity index (χ3v) is 6.35. The molecule has 120 valence electrons. The van der Waals surface area contributed by atoms with E-state index in [1.165, 1.54) is 38.3 Å². The van der Waals surface area contributed by atoms with Crippen LogP contribution in [0.3, 0.4) is 0 Å². The molecule has 6 rings (SSSR count). The van der Waals surface area contributed by atoms with Crippen LogP contribution < -0.4 is 5.32 Å². The van der Waals surface area contributed by atoms with E-state index in [4.69, 9.17) is 0 Å². The molecule has 5 nitrogen and oxygen atoms in total. The number of aromatic carboxylic acids is 1. The largest absolute Gasteiger partial charge is 0.478 e. The second-order valence-corrected chi connectivity index (χ2v) is 7.69. The van der Waals surface area contributed by atoms with E-state index in [-0.39, 0.29) is 5.56 Å². The Kier molecular flexibility index (Phi) is 2.75. The predicted molar refractivity (Wildman–Crippen MR) is 87.5 cm³/mol. The smallest absolute Gasteiger partial charge is 0.339 e. The van der Waals surface area contributed by atoms with Crippen LogP contribution in [0, 0.1) is 23.7 Å². The molecule has 0 saturated heterocycles. The molecule has 0 atom stereocenters. The summed E-state index contributed by atoms with van der Waals surface area (Å²) in [6.07, 6.45) is 9.98. The molecular formula is C18H21N3O2. The van der Waals surface area contributed by atoms with E-state index in [0.29, 0.717) is 17.9 Å². The molecule has 23 heavy (non-hydrogen) atoms. The lowest BCUT2D eigenvalue weighted by Gasteiger charge is -2.54. The van der Waals surface area contributed by atoms with Crippen molar-refractivity contribution in [2.75, 3.05) is 5.32 Å². The van der Waals surface area contributed by atoms with E-state index in [0.717, 1.165) is 28.6 Å². The molecule has 0 aromatic carbocycles. The van der Waals surface area contributed by atoms with Crippen molar-refractivity contribution in [1.29, 1.82) is 0 Å². The number of carboxylic acid groups (broad SMARTS) is 1. The number of aromatic amines is 1. The zero-order chi connectivity index (χ0) is 15.6. The van der Waals surface area contributed by atoms with Gasteiger partial charge in [0.05, 0.1) is 5.69 Å². The first-order valence-electron chi connectivity index (χ1n) is 8.65. The summed E-state index contributed by atoms with van der Waals surface area (Å²) in [5, 5.41) is 14.1. The monoisotopic (exact) mass is 311 g/mol. The average Bonchev–Trinajstić information content (AvgIpc) is 2.98. The highest BCUT2D eigenvalue weighted by molar-refractivity contribution is 6.03. The number of nitrogens with one attached hydrogen (secondary N) is 2. The van der Waals surface area contributed by atoms with Crippen molar-refractivity contribution < 1.29 is 9.90 Å².